The number of fused-ring (bicyclic) bond motifs is 1. The van der Waals surface area contributed by atoms with Crippen LogP contribution in [0.4, 0.5) is 0 Å². The molecule has 3 aliphatic rings. The molecule has 0 saturated carbocycles. The SMILES string of the molecule is CCCCCCCCCCCCCCCCCCOC1(CO)OP2(=O)OC1(O)O2. The highest BCUT2D eigenvalue weighted by molar-refractivity contribution is 7.50. The van der Waals surface area contributed by atoms with Crippen molar-refractivity contribution in [3.63, 3.8) is 0 Å². The summed E-state index contributed by atoms with van der Waals surface area (Å²) in [6.45, 7) is 1.85. The highest BCUT2D eigenvalue weighted by Crippen LogP contribution is 2.76. The van der Waals surface area contributed by atoms with E-state index in [4.69, 9.17) is 18.3 Å². The van der Waals surface area contributed by atoms with Crippen LogP contribution in [0.15, 0.2) is 0 Å². The molecule has 8 heteroatoms. The van der Waals surface area contributed by atoms with Crippen molar-refractivity contribution in [3.05, 3.63) is 0 Å². The third kappa shape index (κ3) is 7.57. The third-order valence-corrected chi connectivity index (χ3v) is 7.21. The molecule has 3 aliphatic heterocycles. The van der Waals surface area contributed by atoms with Crippen molar-refractivity contribution in [1.82, 2.24) is 0 Å². The van der Waals surface area contributed by atoms with E-state index in [-0.39, 0.29) is 6.61 Å². The summed E-state index contributed by atoms with van der Waals surface area (Å²) in [4.78, 5) is 0. The lowest BCUT2D eigenvalue weighted by molar-refractivity contribution is -0.408. The Balaban J connectivity index is 1.33. The van der Waals surface area contributed by atoms with E-state index in [2.05, 4.69) is 6.92 Å². The molecule has 7 nitrogen and oxygen atoms in total. The van der Waals surface area contributed by atoms with E-state index in [0.29, 0.717) is 0 Å². The largest absolute Gasteiger partial charge is 0.486 e. The Morgan fingerprint density at radius 1 is 0.724 bits per heavy atom. The first kappa shape index (κ1) is 25.3. The van der Waals surface area contributed by atoms with Crippen molar-refractivity contribution < 1.29 is 33.1 Å². The molecule has 0 amide bonds. The molecule has 172 valence electrons. The van der Waals surface area contributed by atoms with Gasteiger partial charge in [-0.15, -0.1) is 0 Å². The highest BCUT2D eigenvalue weighted by atomic mass is 31.2. The van der Waals surface area contributed by atoms with Crippen molar-refractivity contribution in [2.45, 2.75) is 121 Å². The number of aliphatic hydroxyl groups is 2. The number of ether oxygens (including phenoxy) is 1. The van der Waals surface area contributed by atoms with Gasteiger partial charge in [0.05, 0.1) is 6.61 Å². The van der Waals surface area contributed by atoms with E-state index < -0.39 is 26.2 Å². The second kappa shape index (κ2) is 12.7. The molecular weight excluding hydrogens is 395 g/mol. The van der Waals surface area contributed by atoms with Gasteiger partial charge in [-0.25, -0.2) is 18.1 Å². The van der Waals surface area contributed by atoms with Crippen molar-refractivity contribution >= 4 is 7.82 Å². The van der Waals surface area contributed by atoms with Crippen LogP contribution in [0.25, 0.3) is 0 Å². The van der Waals surface area contributed by atoms with E-state index >= 15 is 0 Å². The van der Waals surface area contributed by atoms with Crippen LogP contribution in [0.3, 0.4) is 0 Å². The van der Waals surface area contributed by atoms with Crippen molar-refractivity contribution in [3.8, 4) is 0 Å². The minimum absolute atomic E-state index is 0.272. The van der Waals surface area contributed by atoms with Gasteiger partial charge >= 0.3 is 13.8 Å². The second-order valence-electron chi connectivity index (χ2n) is 8.37. The van der Waals surface area contributed by atoms with E-state index in [1.165, 1.54) is 83.5 Å². The first-order chi connectivity index (χ1) is 14.0. The first-order valence-electron chi connectivity index (χ1n) is 11.7. The maximum absolute atomic E-state index is 11.6. The topological polar surface area (TPSA) is 94.5 Å². The maximum atomic E-state index is 11.6. The fourth-order valence-electron chi connectivity index (χ4n) is 3.90. The van der Waals surface area contributed by atoms with Gasteiger partial charge < -0.3 is 14.9 Å². The quantitative estimate of drug-likeness (QED) is 0.196. The summed E-state index contributed by atoms with van der Waals surface area (Å²) in [6.07, 6.45) is 20.5. The van der Waals surface area contributed by atoms with E-state index in [1.807, 2.05) is 0 Å². The predicted molar refractivity (Wildman–Crippen MR) is 111 cm³/mol. The van der Waals surface area contributed by atoms with Gasteiger partial charge in [-0.1, -0.05) is 103 Å². The van der Waals surface area contributed by atoms with E-state index in [1.54, 1.807) is 0 Å². The molecule has 0 radical (unpaired) electrons. The standard InChI is InChI=1S/C21H41O7P/c1-2-3-4-5-6-7-8-9-10-11-12-13-14-15-16-17-18-25-20(19-22)21(23)27-29(24,26-20)28-21/h22-23H,2-19H2,1H3. The van der Waals surface area contributed by atoms with Gasteiger partial charge in [0.15, 0.2) is 0 Å². The van der Waals surface area contributed by atoms with Crippen LogP contribution >= 0.6 is 7.82 Å². The Morgan fingerprint density at radius 2 is 1.14 bits per heavy atom. The van der Waals surface area contributed by atoms with Crippen LogP contribution in [-0.2, 0) is 22.9 Å². The number of hydrogen-bond acceptors (Lipinski definition) is 7. The van der Waals surface area contributed by atoms with Crippen LogP contribution in [0.5, 0.6) is 0 Å². The van der Waals surface area contributed by atoms with Gasteiger partial charge in [0.25, 0.3) is 5.79 Å². The van der Waals surface area contributed by atoms with E-state index in [0.717, 1.165) is 19.3 Å². The smallest absolute Gasteiger partial charge is 0.390 e. The fraction of sp³-hybridized carbons (Fsp3) is 1.00. The predicted octanol–water partition coefficient (Wildman–Crippen LogP) is 5.78. The molecule has 0 aliphatic carbocycles. The van der Waals surface area contributed by atoms with Crippen LogP contribution in [-0.4, -0.2) is 35.2 Å². The average Bonchev–Trinajstić information content (AvgIpc) is 3.04. The van der Waals surface area contributed by atoms with Gasteiger partial charge in [-0.2, -0.15) is 0 Å². The summed E-state index contributed by atoms with van der Waals surface area (Å²) in [6, 6.07) is 0. The first-order valence-corrected chi connectivity index (χ1v) is 13.1. The zero-order valence-electron chi connectivity index (χ0n) is 18.1. The van der Waals surface area contributed by atoms with Gasteiger partial charge in [0, 0.05) is 0 Å². The summed E-state index contributed by atoms with van der Waals surface area (Å²) in [7, 11) is -3.73. The molecule has 1 atom stereocenters. The van der Waals surface area contributed by atoms with Crippen LogP contribution in [0.2, 0.25) is 0 Å². The number of rotatable bonds is 19. The lowest BCUT2D eigenvalue weighted by Gasteiger charge is -2.34. The number of phosphoric ester groups is 1. The molecule has 3 fully saturated rings. The molecule has 0 aromatic carbocycles. The summed E-state index contributed by atoms with van der Waals surface area (Å²) in [5.41, 5.74) is 0. The van der Waals surface area contributed by atoms with Gasteiger partial charge in [0.1, 0.15) is 6.61 Å². The Labute approximate surface area is 176 Å². The lowest BCUT2D eigenvalue weighted by atomic mass is 10.0. The molecule has 2 N–H and O–H groups in total. The van der Waals surface area contributed by atoms with Crippen LogP contribution in [0.1, 0.15) is 110 Å². The molecule has 2 bridgehead atoms. The maximum Gasteiger partial charge on any atom is 0.486 e. The molecule has 0 aromatic rings. The Morgan fingerprint density at radius 3 is 1.48 bits per heavy atom. The van der Waals surface area contributed by atoms with Gasteiger partial charge in [-0.3, -0.25) is 0 Å². The average molecular weight is 437 g/mol. The molecule has 1 unspecified atom stereocenters. The Bertz CT molecular complexity index is 491. The van der Waals surface area contributed by atoms with Crippen molar-refractivity contribution in [2.24, 2.45) is 0 Å². The van der Waals surface area contributed by atoms with Crippen molar-refractivity contribution in [1.29, 1.82) is 0 Å². The summed E-state index contributed by atoms with van der Waals surface area (Å²) >= 11 is 0. The van der Waals surface area contributed by atoms with Crippen LogP contribution in [0, 0.1) is 0 Å². The molecule has 3 rings (SSSR count). The second-order valence-corrected chi connectivity index (χ2v) is 9.81. The number of unbranched alkanes of at least 4 members (excludes halogenated alkanes) is 15. The van der Waals surface area contributed by atoms with Gasteiger partial charge in [-0.05, 0) is 6.42 Å². The van der Waals surface area contributed by atoms with Crippen LogP contribution < -0.4 is 0 Å². The molecule has 3 heterocycles. The minimum atomic E-state index is -3.73. The van der Waals surface area contributed by atoms with Gasteiger partial charge in [0.2, 0.25) is 0 Å². The lowest BCUT2D eigenvalue weighted by Crippen LogP contribution is -2.57. The summed E-state index contributed by atoms with van der Waals surface area (Å²) < 4.78 is 31.4. The summed E-state index contributed by atoms with van der Waals surface area (Å²) in [5, 5.41) is 19.4. The Kier molecular flexibility index (Phi) is 11.1. The highest BCUT2D eigenvalue weighted by Gasteiger charge is 2.81. The van der Waals surface area contributed by atoms with E-state index in [9.17, 15) is 14.8 Å². The number of aliphatic hydroxyl groups excluding tert-OH is 1. The summed E-state index contributed by atoms with van der Waals surface area (Å²) in [5.74, 6) is -4.15. The Hall–Kier alpha value is -0.0100. The molecular formula is C21H41O7P. The molecule has 3 saturated heterocycles. The van der Waals surface area contributed by atoms with Crippen molar-refractivity contribution in [2.75, 3.05) is 13.2 Å². The minimum Gasteiger partial charge on any atom is -0.390 e. The zero-order chi connectivity index (χ0) is 21.1. The molecule has 29 heavy (non-hydrogen) atoms. The molecule has 0 aromatic heterocycles. The zero-order valence-corrected chi connectivity index (χ0v) is 19.0. The number of phosphoric acid groups is 1. The normalized spacial score (nSPS) is 30.6. The fourth-order valence-corrected chi connectivity index (χ4v) is 5.46. The molecule has 0 spiro atoms. The monoisotopic (exact) mass is 436 g/mol. The number of hydrogen-bond donors (Lipinski definition) is 2. The third-order valence-electron chi connectivity index (χ3n) is 5.75.